The predicted octanol–water partition coefficient (Wildman–Crippen LogP) is -0.133. The Morgan fingerprint density at radius 3 is 2.62 bits per heavy atom. The first kappa shape index (κ1) is 13.4. The Hall–Kier alpha value is -0.660. The lowest BCUT2D eigenvalue weighted by atomic mass is 10.2. The van der Waals surface area contributed by atoms with Crippen LogP contribution in [0.2, 0.25) is 0 Å². The summed E-state index contributed by atoms with van der Waals surface area (Å²) in [6.45, 7) is 3.84. The van der Waals surface area contributed by atoms with Gasteiger partial charge in [0.1, 0.15) is 6.04 Å². The molecule has 6 nitrogen and oxygen atoms in total. The number of nitrogens with one attached hydrogen (secondary N) is 1. The minimum Gasteiger partial charge on any atom is -0.468 e. The Morgan fingerprint density at radius 1 is 1.50 bits per heavy atom. The quantitative estimate of drug-likeness (QED) is 0.705. The van der Waals surface area contributed by atoms with Crippen LogP contribution in [-0.2, 0) is 19.7 Å². The van der Waals surface area contributed by atoms with Gasteiger partial charge in [-0.2, -0.15) is 17.4 Å². The normalized spacial score (nSPS) is 22.6. The number of hydrogen-bond donors (Lipinski definition) is 1. The number of methoxy groups -OCH3 is 1. The van der Waals surface area contributed by atoms with Crippen molar-refractivity contribution in [2.45, 2.75) is 38.8 Å². The molecule has 1 N–H and O–H groups in total. The van der Waals surface area contributed by atoms with E-state index in [-0.39, 0.29) is 6.04 Å². The van der Waals surface area contributed by atoms with E-state index in [0.29, 0.717) is 19.4 Å². The van der Waals surface area contributed by atoms with Crippen molar-refractivity contribution >= 4 is 16.2 Å². The van der Waals surface area contributed by atoms with E-state index in [1.54, 1.807) is 13.8 Å². The van der Waals surface area contributed by atoms with Gasteiger partial charge in [0.05, 0.1) is 7.11 Å². The van der Waals surface area contributed by atoms with Crippen molar-refractivity contribution in [1.82, 2.24) is 9.03 Å². The van der Waals surface area contributed by atoms with Gasteiger partial charge in [-0.25, -0.2) is 0 Å². The van der Waals surface area contributed by atoms with Gasteiger partial charge >= 0.3 is 5.97 Å². The van der Waals surface area contributed by atoms with Crippen molar-refractivity contribution in [3.63, 3.8) is 0 Å². The van der Waals surface area contributed by atoms with Crippen LogP contribution in [0.5, 0.6) is 0 Å². The van der Waals surface area contributed by atoms with Crippen molar-refractivity contribution < 1.29 is 17.9 Å². The Labute approximate surface area is 96.1 Å². The Balaban J connectivity index is 2.82. The average Bonchev–Trinajstić information content (AvgIpc) is 2.63. The Bertz CT molecular complexity index is 353. The molecule has 0 aromatic carbocycles. The molecular weight excluding hydrogens is 232 g/mol. The van der Waals surface area contributed by atoms with E-state index in [9.17, 15) is 13.2 Å². The zero-order valence-electron chi connectivity index (χ0n) is 9.76. The molecule has 0 spiro atoms. The second kappa shape index (κ2) is 5.11. The first-order chi connectivity index (χ1) is 7.38. The van der Waals surface area contributed by atoms with E-state index in [0.717, 1.165) is 0 Å². The van der Waals surface area contributed by atoms with E-state index in [4.69, 9.17) is 0 Å². The highest BCUT2D eigenvalue weighted by Crippen LogP contribution is 2.21. The molecule has 0 aliphatic carbocycles. The number of carbonyl (C=O) groups is 1. The molecule has 1 fully saturated rings. The lowest BCUT2D eigenvalue weighted by Crippen LogP contribution is -2.48. The van der Waals surface area contributed by atoms with E-state index >= 15 is 0 Å². The Kier molecular flexibility index (Phi) is 4.28. The van der Waals surface area contributed by atoms with Crippen molar-refractivity contribution in [3.05, 3.63) is 0 Å². The van der Waals surface area contributed by atoms with Crippen molar-refractivity contribution in [3.8, 4) is 0 Å². The van der Waals surface area contributed by atoms with Crippen molar-refractivity contribution in [2.75, 3.05) is 13.7 Å². The number of ether oxygens (including phenoxy) is 1. The maximum absolute atomic E-state index is 11.9. The van der Waals surface area contributed by atoms with Gasteiger partial charge in [0.15, 0.2) is 0 Å². The molecule has 94 valence electrons. The molecule has 1 atom stereocenters. The third-order valence-corrected chi connectivity index (χ3v) is 4.19. The highest BCUT2D eigenvalue weighted by molar-refractivity contribution is 7.87. The minimum absolute atomic E-state index is 0.191. The summed E-state index contributed by atoms with van der Waals surface area (Å²) < 4.78 is 32.0. The second-order valence-corrected chi connectivity index (χ2v) is 5.72. The van der Waals surface area contributed by atoms with Gasteiger partial charge in [-0.05, 0) is 26.7 Å². The van der Waals surface area contributed by atoms with Crippen molar-refractivity contribution in [2.24, 2.45) is 0 Å². The van der Waals surface area contributed by atoms with Gasteiger partial charge in [-0.1, -0.05) is 0 Å². The van der Waals surface area contributed by atoms with E-state index in [1.165, 1.54) is 11.4 Å². The van der Waals surface area contributed by atoms with Crippen molar-refractivity contribution in [1.29, 1.82) is 0 Å². The lowest BCUT2D eigenvalue weighted by molar-refractivity contribution is -0.144. The average molecular weight is 250 g/mol. The largest absolute Gasteiger partial charge is 0.468 e. The fourth-order valence-corrected chi connectivity index (χ4v) is 3.39. The first-order valence-corrected chi connectivity index (χ1v) is 6.69. The molecular formula is C9H18N2O4S. The van der Waals surface area contributed by atoms with Crippen LogP contribution in [0.3, 0.4) is 0 Å². The molecule has 1 aliphatic heterocycles. The summed E-state index contributed by atoms with van der Waals surface area (Å²) in [6, 6.07) is -0.870. The van der Waals surface area contributed by atoms with Crippen LogP contribution in [0.4, 0.5) is 0 Å². The van der Waals surface area contributed by atoms with Crippen LogP contribution in [0.15, 0.2) is 0 Å². The number of rotatable bonds is 4. The first-order valence-electron chi connectivity index (χ1n) is 5.25. The van der Waals surface area contributed by atoms with Crippen LogP contribution >= 0.6 is 0 Å². The Morgan fingerprint density at radius 2 is 2.12 bits per heavy atom. The van der Waals surface area contributed by atoms with E-state index < -0.39 is 22.2 Å². The number of esters is 1. The molecule has 1 unspecified atom stereocenters. The number of nitrogens with zero attached hydrogens (tertiary/aromatic N) is 1. The molecule has 1 aliphatic rings. The number of hydrogen-bond acceptors (Lipinski definition) is 4. The maximum atomic E-state index is 11.9. The van der Waals surface area contributed by atoms with Crippen LogP contribution < -0.4 is 4.72 Å². The predicted molar refractivity (Wildman–Crippen MR) is 58.9 cm³/mol. The van der Waals surface area contributed by atoms with Gasteiger partial charge in [0.2, 0.25) is 0 Å². The summed E-state index contributed by atoms with van der Waals surface area (Å²) in [4.78, 5) is 11.4. The molecule has 0 saturated carbocycles. The van der Waals surface area contributed by atoms with Gasteiger partial charge in [-0.15, -0.1) is 0 Å². The highest BCUT2D eigenvalue weighted by Gasteiger charge is 2.39. The fourth-order valence-electron chi connectivity index (χ4n) is 1.77. The molecule has 1 rings (SSSR count). The summed E-state index contributed by atoms with van der Waals surface area (Å²) >= 11 is 0. The molecule has 0 aromatic rings. The molecule has 0 radical (unpaired) electrons. The summed E-state index contributed by atoms with van der Waals surface area (Å²) in [7, 11) is -2.32. The van der Waals surface area contributed by atoms with E-state index in [1.807, 2.05) is 0 Å². The minimum atomic E-state index is -3.58. The monoisotopic (exact) mass is 250 g/mol. The maximum Gasteiger partial charge on any atom is 0.324 e. The molecule has 0 amide bonds. The molecule has 0 bridgehead atoms. The second-order valence-electron chi connectivity index (χ2n) is 4.07. The van der Waals surface area contributed by atoms with Gasteiger partial charge in [0.25, 0.3) is 10.2 Å². The van der Waals surface area contributed by atoms with Gasteiger partial charge in [-0.3, -0.25) is 4.79 Å². The summed E-state index contributed by atoms with van der Waals surface area (Å²) in [6.07, 6.45) is 1.20. The molecule has 16 heavy (non-hydrogen) atoms. The topological polar surface area (TPSA) is 75.7 Å². The molecule has 0 aromatic heterocycles. The van der Waals surface area contributed by atoms with Crippen LogP contribution in [0.25, 0.3) is 0 Å². The smallest absolute Gasteiger partial charge is 0.324 e. The van der Waals surface area contributed by atoms with Crippen LogP contribution in [0, 0.1) is 0 Å². The zero-order chi connectivity index (χ0) is 12.3. The summed E-state index contributed by atoms with van der Waals surface area (Å²) in [5.41, 5.74) is 0. The lowest BCUT2D eigenvalue weighted by Gasteiger charge is -2.23. The van der Waals surface area contributed by atoms with E-state index in [2.05, 4.69) is 9.46 Å². The van der Waals surface area contributed by atoms with Gasteiger partial charge in [0, 0.05) is 12.6 Å². The third kappa shape index (κ3) is 2.93. The highest BCUT2D eigenvalue weighted by atomic mass is 32.2. The molecule has 1 saturated heterocycles. The fraction of sp³-hybridized carbons (Fsp3) is 0.889. The molecule has 7 heteroatoms. The number of carbonyl (C=O) groups excluding carboxylic acids is 1. The SMILES string of the molecule is COC(=O)C1CCCN1S(=O)(=O)NC(C)C. The third-order valence-electron chi connectivity index (χ3n) is 2.37. The summed E-state index contributed by atoms with van der Waals surface area (Å²) in [5, 5.41) is 0. The molecule has 1 heterocycles. The summed E-state index contributed by atoms with van der Waals surface area (Å²) in [5.74, 6) is -0.494. The van der Waals surface area contributed by atoms with Gasteiger partial charge < -0.3 is 4.74 Å². The van der Waals surface area contributed by atoms with Crippen LogP contribution in [0.1, 0.15) is 26.7 Å². The zero-order valence-corrected chi connectivity index (χ0v) is 10.6. The van der Waals surface area contributed by atoms with Crippen LogP contribution in [-0.4, -0.2) is 44.4 Å². The standard InChI is InChI=1S/C9H18N2O4S/c1-7(2)10-16(13,14)11-6-4-5-8(11)9(12)15-3/h7-8,10H,4-6H2,1-3H3.